The number of nitrogens with one attached hydrogen (secondary N) is 2. The lowest BCUT2D eigenvalue weighted by Crippen LogP contribution is -2.09. The van der Waals surface area contributed by atoms with Crippen molar-refractivity contribution < 1.29 is 4.79 Å². The summed E-state index contributed by atoms with van der Waals surface area (Å²) in [5.74, 6) is 0.102. The van der Waals surface area contributed by atoms with Crippen LogP contribution in [-0.4, -0.2) is 27.3 Å². The van der Waals surface area contributed by atoms with E-state index in [-0.39, 0.29) is 5.91 Å². The van der Waals surface area contributed by atoms with Gasteiger partial charge >= 0.3 is 0 Å². The maximum atomic E-state index is 11.6. The van der Waals surface area contributed by atoms with Crippen LogP contribution in [0.3, 0.4) is 0 Å². The summed E-state index contributed by atoms with van der Waals surface area (Å²) in [6.45, 7) is 0. The average molecular weight is 260 g/mol. The zero-order valence-electron chi connectivity index (χ0n) is 9.75. The number of rotatable bonds is 4. The third kappa shape index (κ3) is 3.46. The zero-order valence-corrected chi connectivity index (χ0v) is 10.6. The molecule has 0 radical (unpaired) electrons. The third-order valence-corrected chi connectivity index (χ3v) is 2.66. The minimum absolute atomic E-state index is 0.248. The fourth-order valence-electron chi connectivity index (χ4n) is 1.29. The van der Waals surface area contributed by atoms with E-state index in [0.717, 1.165) is 5.56 Å². The first-order valence-electron chi connectivity index (χ1n) is 5.28. The number of carbonyl (C=O) groups is 1. The molecule has 1 heterocycles. The molecule has 0 bridgehead atoms. The highest BCUT2D eigenvalue weighted by molar-refractivity contribution is 7.98. The van der Waals surface area contributed by atoms with Gasteiger partial charge in [0, 0.05) is 6.08 Å². The Balaban J connectivity index is 1.94. The van der Waals surface area contributed by atoms with Crippen molar-refractivity contribution >= 4 is 29.7 Å². The lowest BCUT2D eigenvalue weighted by atomic mass is 10.2. The summed E-state index contributed by atoms with van der Waals surface area (Å²) >= 11 is 1.40. The maximum Gasteiger partial charge on any atom is 0.250 e. The number of amides is 1. The maximum absolute atomic E-state index is 11.6. The van der Waals surface area contributed by atoms with Crippen LogP contribution in [-0.2, 0) is 4.79 Å². The highest BCUT2D eigenvalue weighted by atomic mass is 32.2. The van der Waals surface area contributed by atoms with Crippen molar-refractivity contribution in [1.82, 2.24) is 15.2 Å². The second kappa shape index (κ2) is 6.02. The summed E-state index contributed by atoms with van der Waals surface area (Å²) in [5.41, 5.74) is 0.968. The number of H-pyrrole nitrogens is 1. The quantitative estimate of drug-likeness (QED) is 0.653. The van der Waals surface area contributed by atoms with Gasteiger partial charge in [0.1, 0.15) is 0 Å². The molecule has 0 saturated heterocycles. The molecule has 0 aliphatic rings. The predicted molar refractivity (Wildman–Crippen MR) is 72.3 cm³/mol. The standard InChI is InChI=1S/C12H12N4OS/c1-18-12-14-11(15-16-12)13-10(17)8-7-9-5-3-2-4-6-9/h2-8H,1H3,(H2,13,14,15,16,17)/b8-7+. The monoisotopic (exact) mass is 260 g/mol. The molecular formula is C12H12N4OS. The van der Waals surface area contributed by atoms with Gasteiger partial charge in [-0.15, -0.1) is 5.10 Å². The summed E-state index contributed by atoms with van der Waals surface area (Å²) in [4.78, 5) is 15.6. The van der Waals surface area contributed by atoms with E-state index < -0.39 is 0 Å². The van der Waals surface area contributed by atoms with Crippen LogP contribution < -0.4 is 5.32 Å². The number of anilines is 1. The SMILES string of the molecule is CSc1n[nH]c(NC(=O)/C=C/c2ccccc2)n1. The molecule has 0 aliphatic carbocycles. The smallest absolute Gasteiger partial charge is 0.250 e. The minimum Gasteiger partial charge on any atom is -0.291 e. The van der Waals surface area contributed by atoms with E-state index in [9.17, 15) is 4.79 Å². The molecule has 18 heavy (non-hydrogen) atoms. The van der Waals surface area contributed by atoms with E-state index in [0.29, 0.717) is 11.1 Å². The number of thioether (sulfide) groups is 1. The molecule has 2 aromatic rings. The summed E-state index contributed by atoms with van der Waals surface area (Å²) in [7, 11) is 0. The molecule has 0 aliphatic heterocycles. The predicted octanol–water partition coefficient (Wildman–Crippen LogP) is 2.18. The van der Waals surface area contributed by atoms with E-state index in [1.807, 2.05) is 36.6 Å². The lowest BCUT2D eigenvalue weighted by molar-refractivity contribution is -0.111. The molecule has 1 amide bonds. The molecule has 1 aromatic carbocycles. The van der Waals surface area contributed by atoms with Gasteiger partial charge in [-0.05, 0) is 17.9 Å². The van der Waals surface area contributed by atoms with Crippen molar-refractivity contribution in [3.63, 3.8) is 0 Å². The van der Waals surface area contributed by atoms with Crippen LogP contribution in [0.15, 0.2) is 41.6 Å². The van der Waals surface area contributed by atoms with Crippen LogP contribution in [0, 0.1) is 0 Å². The molecule has 0 unspecified atom stereocenters. The van der Waals surface area contributed by atoms with Gasteiger partial charge in [-0.1, -0.05) is 42.1 Å². The summed E-state index contributed by atoms with van der Waals surface area (Å²) in [6.07, 6.45) is 5.06. The van der Waals surface area contributed by atoms with Crippen molar-refractivity contribution in [2.24, 2.45) is 0 Å². The number of nitrogens with zero attached hydrogens (tertiary/aromatic N) is 2. The number of benzene rings is 1. The van der Waals surface area contributed by atoms with Gasteiger partial charge in [0.05, 0.1) is 0 Å². The highest BCUT2D eigenvalue weighted by Crippen LogP contribution is 2.09. The van der Waals surface area contributed by atoms with E-state index in [1.165, 1.54) is 17.8 Å². The molecule has 0 spiro atoms. The summed E-state index contributed by atoms with van der Waals surface area (Å²) < 4.78 is 0. The van der Waals surface area contributed by atoms with Gasteiger partial charge < -0.3 is 0 Å². The van der Waals surface area contributed by atoms with Gasteiger partial charge in [-0.2, -0.15) is 4.98 Å². The van der Waals surface area contributed by atoms with E-state index in [2.05, 4.69) is 20.5 Å². The van der Waals surface area contributed by atoms with Gasteiger partial charge in [-0.3, -0.25) is 10.1 Å². The number of aromatic amines is 1. The minimum atomic E-state index is -0.248. The van der Waals surface area contributed by atoms with E-state index in [4.69, 9.17) is 0 Å². The van der Waals surface area contributed by atoms with E-state index in [1.54, 1.807) is 6.08 Å². The van der Waals surface area contributed by atoms with Gasteiger partial charge in [0.15, 0.2) is 0 Å². The van der Waals surface area contributed by atoms with Gasteiger partial charge in [0.2, 0.25) is 11.1 Å². The van der Waals surface area contributed by atoms with Gasteiger partial charge in [-0.25, -0.2) is 5.10 Å². The second-order valence-corrected chi connectivity index (χ2v) is 4.18. The van der Waals surface area contributed by atoms with Crippen LogP contribution in [0.4, 0.5) is 5.95 Å². The molecule has 2 rings (SSSR count). The van der Waals surface area contributed by atoms with Crippen LogP contribution in [0.2, 0.25) is 0 Å². The normalized spacial score (nSPS) is 10.7. The van der Waals surface area contributed by atoms with Crippen molar-refractivity contribution in [3.05, 3.63) is 42.0 Å². The number of carbonyl (C=O) groups excluding carboxylic acids is 1. The van der Waals surface area contributed by atoms with Crippen molar-refractivity contribution in [2.75, 3.05) is 11.6 Å². The second-order valence-electron chi connectivity index (χ2n) is 3.40. The van der Waals surface area contributed by atoms with E-state index >= 15 is 0 Å². The highest BCUT2D eigenvalue weighted by Gasteiger charge is 2.03. The zero-order chi connectivity index (χ0) is 12.8. The molecule has 2 N–H and O–H groups in total. The molecule has 0 atom stereocenters. The molecule has 0 saturated carbocycles. The molecule has 6 heteroatoms. The largest absolute Gasteiger partial charge is 0.291 e. The number of aromatic nitrogens is 3. The van der Waals surface area contributed by atoms with Crippen LogP contribution in [0.25, 0.3) is 6.08 Å². The molecule has 1 aromatic heterocycles. The van der Waals surface area contributed by atoms with Crippen molar-refractivity contribution in [1.29, 1.82) is 0 Å². The number of hydrogen-bond donors (Lipinski definition) is 2. The average Bonchev–Trinajstić information content (AvgIpc) is 2.85. The Morgan fingerprint density at radius 2 is 2.17 bits per heavy atom. The summed E-state index contributed by atoms with van der Waals surface area (Å²) in [6, 6.07) is 9.60. The topological polar surface area (TPSA) is 70.7 Å². The number of hydrogen-bond acceptors (Lipinski definition) is 4. The van der Waals surface area contributed by atoms with Crippen molar-refractivity contribution in [3.8, 4) is 0 Å². The van der Waals surface area contributed by atoms with Crippen LogP contribution in [0.1, 0.15) is 5.56 Å². The Bertz CT molecular complexity index is 550. The summed E-state index contributed by atoms with van der Waals surface area (Å²) in [5, 5.41) is 9.73. The Morgan fingerprint density at radius 3 is 2.83 bits per heavy atom. The Kier molecular flexibility index (Phi) is 4.14. The lowest BCUT2D eigenvalue weighted by Gasteiger charge is -1.95. The molecular weight excluding hydrogens is 248 g/mol. The Labute approximate surface area is 109 Å². The van der Waals surface area contributed by atoms with Gasteiger partial charge in [0.25, 0.3) is 5.91 Å². The molecule has 5 nitrogen and oxygen atoms in total. The van der Waals surface area contributed by atoms with Crippen LogP contribution in [0.5, 0.6) is 0 Å². The fraction of sp³-hybridized carbons (Fsp3) is 0.0833. The van der Waals surface area contributed by atoms with Crippen LogP contribution >= 0.6 is 11.8 Å². The first-order valence-corrected chi connectivity index (χ1v) is 6.51. The first kappa shape index (κ1) is 12.4. The first-order chi connectivity index (χ1) is 8.78. The third-order valence-electron chi connectivity index (χ3n) is 2.12. The fourth-order valence-corrected chi connectivity index (χ4v) is 1.61. The molecule has 0 fully saturated rings. The molecule has 92 valence electrons. The Hall–Kier alpha value is -2.08. The Morgan fingerprint density at radius 1 is 1.39 bits per heavy atom. The van der Waals surface area contributed by atoms with Crippen molar-refractivity contribution in [2.45, 2.75) is 5.16 Å².